The molecule has 2 aromatic heterocycles. The molecule has 26 heavy (non-hydrogen) atoms. The number of carbonyl (C=O) groups excluding carboxylic acids is 1. The zero-order valence-corrected chi connectivity index (χ0v) is 14.8. The Kier molecular flexibility index (Phi) is 4.26. The molecule has 1 aliphatic rings. The van der Waals surface area contributed by atoms with Crippen molar-refractivity contribution in [1.29, 1.82) is 0 Å². The van der Waals surface area contributed by atoms with E-state index in [-0.39, 0.29) is 5.97 Å². The second-order valence-corrected chi connectivity index (χ2v) is 6.45. The summed E-state index contributed by atoms with van der Waals surface area (Å²) in [5.74, 6) is -0.345. The third kappa shape index (κ3) is 2.88. The molecule has 132 valence electrons. The molecule has 0 radical (unpaired) electrons. The van der Waals surface area contributed by atoms with Crippen LogP contribution in [0, 0.1) is 0 Å². The smallest absolute Gasteiger partial charge is 0.337 e. The Labute approximate surface area is 152 Å². The number of likely N-dealkylation sites (N-methyl/N-ethyl adjacent to an activating group) is 1. The van der Waals surface area contributed by atoms with E-state index in [2.05, 4.69) is 16.9 Å². The van der Waals surface area contributed by atoms with Gasteiger partial charge in [0.25, 0.3) is 0 Å². The van der Waals surface area contributed by atoms with E-state index in [9.17, 15) is 4.79 Å². The molecule has 3 heterocycles. The normalized spacial score (nSPS) is 14.1. The number of hydrogen-bond acceptors (Lipinski definition) is 5. The maximum absolute atomic E-state index is 11.9. The van der Waals surface area contributed by atoms with Crippen molar-refractivity contribution in [2.24, 2.45) is 0 Å². The molecule has 0 spiro atoms. The van der Waals surface area contributed by atoms with Crippen LogP contribution in [-0.2, 0) is 17.7 Å². The first-order chi connectivity index (χ1) is 12.7. The van der Waals surface area contributed by atoms with Gasteiger partial charge in [-0.2, -0.15) is 5.10 Å². The lowest BCUT2D eigenvalue weighted by molar-refractivity contribution is 0.0600. The summed E-state index contributed by atoms with van der Waals surface area (Å²) in [5, 5.41) is 4.90. The number of methoxy groups -OCH3 is 1. The van der Waals surface area contributed by atoms with Crippen molar-refractivity contribution in [2.45, 2.75) is 13.0 Å². The molecule has 6 heteroatoms. The maximum Gasteiger partial charge on any atom is 0.337 e. The van der Waals surface area contributed by atoms with Crippen molar-refractivity contribution in [3.05, 3.63) is 65.6 Å². The van der Waals surface area contributed by atoms with Gasteiger partial charge in [0.2, 0.25) is 0 Å². The van der Waals surface area contributed by atoms with Gasteiger partial charge in [0, 0.05) is 43.0 Å². The number of aromatic nitrogens is 3. The standard InChI is InChI=1S/C20H20N4O2/c1-23-11-8-18-17(13-23)19(14-6-9-21-10-7-14)22-24(18)16-5-3-4-15(12-16)20(25)26-2/h3-7,9-10,12H,8,11,13H2,1-2H3. The van der Waals surface area contributed by atoms with Crippen LogP contribution in [0.3, 0.4) is 0 Å². The molecule has 0 saturated carbocycles. The largest absolute Gasteiger partial charge is 0.465 e. The molecule has 0 saturated heterocycles. The summed E-state index contributed by atoms with van der Waals surface area (Å²) in [6.07, 6.45) is 4.47. The van der Waals surface area contributed by atoms with Gasteiger partial charge in [0.15, 0.2) is 0 Å². The van der Waals surface area contributed by atoms with Crippen molar-refractivity contribution in [3.63, 3.8) is 0 Å². The van der Waals surface area contributed by atoms with Gasteiger partial charge in [0.1, 0.15) is 0 Å². The molecular weight excluding hydrogens is 328 g/mol. The summed E-state index contributed by atoms with van der Waals surface area (Å²) < 4.78 is 6.81. The number of pyridine rings is 1. The minimum atomic E-state index is -0.345. The second kappa shape index (κ2) is 6.72. The first-order valence-corrected chi connectivity index (χ1v) is 8.56. The van der Waals surface area contributed by atoms with Crippen LogP contribution in [-0.4, -0.2) is 46.3 Å². The van der Waals surface area contributed by atoms with Crippen LogP contribution in [0.25, 0.3) is 16.9 Å². The molecular formula is C20H20N4O2. The van der Waals surface area contributed by atoms with Crippen LogP contribution >= 0.6 is 0 Å². The van der Waals surface area contributed by atoms with Crippen LogP contribution in [0.2, 0.25) is 0 Å². The predicted molar refractivity (Wildman–Crippen MR) is 98.2 cm³/mol. The molecule has 0 fully saturated rings. The summed E-state index contributed by atoms with van der Waals surface area (Å²) in [6, 6.07) is 11.4. The van der Waals surface area contributed by atoms with Crippen molar-refractivity contribution in [1.82, 2.24) is 19.7 Å². The Morgan fingerprint density at radius 1 is 1.19 bits per heavy atom. The van der Waals surface area contributed by atoms with Crippen LogP contribution in [0.15, 0.2) is 48.8 Å². The fourth-order valence-corrected chi connectivity index (χ4v) is 3.39. The van der Waals surface area contributed by atoms with E-state index < -0.39 is 0 Å². The molecule has 0 N–H and O–H groups in total. The average molecular weight is 348 g/mol. The highest BCUT2D eigenvalue weighted by Gasteiger charge is 2.25. The van der Waals surface area contributed by atoms with Gasteiger partial charge in [-0.1, -0.05) is 6.07 Å². The topological polar surface area (TPSA) is 60.3 Å². The Hall–Kier alpha value is -2.99. The number of hydrogen-bond donors (Lipinski definition) is 0. The Morgan fingerprint density at radius 3 is 2.77 bits per heavy atom. The summed E-state index contributed by atoms with van der Waals surface area (Å²) in [6.45, 7) is 1.83. The first-order valence-electron chi connectivity index (χ1n) is 8.56. The quantitative estimate of drug-likeness (QED) is 0.681. The highest BCUT2D eigenvalue weighted by atomic mass is 16.5. The van der Waals surface area contributed by atoms with Crippen molar-refractivity contribution in [2.75, 3.05) is 20.7 Å². The highest BCUT2D eigenvalue weighted by molar-refractivity contribution is 5.89. The van der Waals surface area contributed by atoms with Crippen molar-refractivity contribution in [3.8, 4) is 16.9 Å². The molecule has 4 rings (SSSR count). The first kappa shape index (κ1) is 16.5. The molecule has 0 atom stereocenters. The summed E-state index contributed by atoms with van der Waals surface area (Å²) in [7, 11) is 3.51. The SMILES string of the molecule is COC(=O)c1cccc(-n2nc(-c3ccncc3)c3c2CCN(C)C3)c1. The molecule has 1 aromatic carbocycles. The second-order valence-electron chi connectivity index (χ2n) is 6.45. The van der Waals surface area contributed by atoms with Crippen LogP contribution in [0.4, 0.5) is 0 Å². The van der Waals surface area contributed by atoms with E-state index in [1.54, 1.807) is 18.5 Å². The molecule has 0 unspecified atom stereocenters. The Balaban J connectivity index is 1.87. The van der Waals surface area contributed by atoms with Gasteiger partial charge < -0.3 is 9.64 Å². The summed E-state index contributed by atoms with van der Waals surface area (Å²) in [4.78, 5) is 18.3. The minimum Gasteiger partial charge on any atom is -0.465 e. The zero-order chi connectivity index (χ0) is 18.1. The fraction of sp³-hybridized carbons (Fsp3) is 0.250. The molecule has 6 nitrogen and oxygen atoms in total. The minimum absolute atomic E-state index is 0.345. The van der Waals surface area contributed by atoms with Crippen LogP contribution in [0.5, 0.6) is 0 Å². The number of benzene rings is 1. The van der Waals surface area contributed by atoms with Crippen molar-refractivity contribution >= 4 is 5.97 Å². The number of nitrogens with zero attached hydrogens (tertiary/aromatic N) is 4. The number of carbonyl (C=O) groups is 1. The van der Waals surface area contributed by atoms with Crippen LogP contribution in [0.1, 0.15) is 21.6 Å². The Bertz CT molecular complexity index is 950. The summed E-state index contributed by atoms with van der Waals surface area (Å²) >= 11 is 0. The lowest BCUT2D eigenvalue weighted by Gasteiger charge is -2.23. The monoisotopic (exact) mass is 348 g/mol. The van der Waals surface area contributed by atoms with E-state index >= 15 is 0 Å². The van der Waals surface area contributed by atoms with E-state index in [0.29, 0.717) is 5.56 Å². The molecule has 0 amide bonds. The zero-order valence-electron chi connectivity index (χ0n) is 14.8. The van der Waals surface area contributed by atoms with Gasteiger partial charge in [-0.15, -0.1) is 0 Å². The van der Waals surface area contributed by atoms with E-state index in [4.69, 9.17) is 9.84 Å². The predicted octanol–water partition coefficient (Wildman–Crippen LogP) is 2.71. The number of ether oxygens (including phenoxy) is 1. The van der Waals surface area contributed by atoms with Crippen molar-refractivity contribution < 1.29 is 9.53 Å². The highest BCUT2D eigenvalue weighted by Crippen LogP contribution is 2.31. The lowest BCUT2D eigenvalue weighted by Crippen LogP contribution is -2.27. The summed E-state index contributed by atoms with van der Waals surface area (Å²) in [5.41, 5.74) is 5.83. The fourth-order valence-electron chi connectivity index (χ4n) is 3.39. The average Bonchev–Trinajstić information content (AvgIpc) is 3.06. The van der Waals surface area contributed by atoms with Gasteiger partial charge in [-0.3, -0.25) is 4.98 Å². The maximum atomic E-state index is 11.9. The molecule has 1 aliphatic heterocycles. The number of fused-ring (bicyclic) bond motifs is 1. The van der Waals surface area contributed by atoms with E-state index in [1.165, 1.54) is 18.4 Å². The van der Waals surface area contributed by atoms with Gasteiger partial charge >= 0.3 is 5.97 Å². The molecule has 3 aromatic rings. The number of rotatable bonds is 3. The number of esters is 1. The van der Waals surface area contributed by atoms with Gasteiger partial charge in [-0.05, 0) is 37.4 Å². The third-order valence-corrected chi connectivity index (χ3v) is 4.71. The lowest BCUT2D eigenvalue weighted by atomic mass is 10.0. The van der Waals surface area contributed by atoms with Crippen LogP contribution < -0.4 is 0 Å². The molecule has 0 bridgehead atoms. The third-order valence-electron chi connectivity index (χ3n) is 4.71. The Morgan fingerprint density at radius 2 is 2.00 bits per heavy atom. The van der Waals surface area contributed by atoms with Gasteiger partial charge in [-0.25, -0.2) is 9.48 Å². The van der Waals surface area contributed by atoms with Gasteiger partial charge in [0.05, 0.1) is 29.7 Å². The van der Waals surface area contributed by atoms with E-state index in [0.717, 1.165) is 36.5 Å². The molecule has 0 aliphatic carbocycles. The van der Waals surface area contributed by atoms with E-state index in [1.807, 2.05) is 35.0 Å².